The molecule has 8 heteroatoms. The first-order chi connectivity index (χ1) is 16.0. The van der Waals surface area contributed by atoms with E-state index in [0.29, 0.717) is 41.0 Å². The molecule has 0 spiro atoms. The smallest absolute Gasteiger partial charge is 0.301 e. The van der Waals surface area contributed by atoms with E-state index in [2.05, 4.69) is 11.6 Å². The number of ketones is 1. The van der Waals surface area contributed by atoms with Gasteiger partial charge in [-0.25, -0.2) is 4.98 Å². The second-order valence-electron chi connectivity index (χ2n) is 7.11. The molecule has 4 rings (SSSR count). The number of Topliss-reactive ketones (excluding diaryl/α,β-unsaturated/α-hetero) is 1. The molecule has 7 nitrogen and oxygen atoms in total. The fraction of sp³-hybridized carbons (Fsp3) is 0.160. The minimum Gasteiger partial charge on any atom is -0.507 e. The Balaban J connectivity index is 1.84. The first kappa shape index (κ1) is 22.3. The minimum atomic E-state index is -0.847. The fourth-order valence-electron chi connectivity index (χ4n) is 3.64. The number of aromatic nitrogens is 1. The van der Waals surface area contributed by atoms with Crippen LogP contribution in [0.4, 0.5) is 5.13 Å². The van der Waals surface area contributed by atoms with Crippen molar-refractivity contribution in [3.05, 3.63) is 89.5 Å². The van der Waals surface area contributed by atoms with Crippen molar-refractivity contribution in [2.45, 2.75) is 13.0 Å². The lowest BCUT2D eigenvalue weighted by molar-refractivity contribution is -0.132. The van der Waals surface area contributed by atoms with E-state index in [0.717, 1.165) is 0 Å². The molecule has 33 heavy (non-hydrogen) atoms. The van der Waals surface area contributed by atoms with Gasteiger partial charge in [0.1, 0.15) is 23.9 Å². The maximum Gasteiger partial charge on any atom is 0.301 e. The van der Waals surface area contributed by atoms with Crippen LogP contribution in [0.1, 0.15) is 24.1 Å². The number of thiazole rings is 1. The molecule has 1 amide bonds. The minimum absolute atomic E-state index is 0.0105. The van der Waals surface area contributed by atoms with Gasteiger partial charge in [-0.05, 0) is 36.8 Å². The van der Waals surface area contributed by atoms with Crippen molar-refractivity contribution in [1.82, 2.24) is 4.98 Å². The molecule has 0 radical (unpaired) electrons. The molecule has 0 saturated carbocycles. The topological polar surface area (TPSA) is 89.0 Å². The lowest BCUT2D eigenvalue weighted by Crippen LogP contribution is -2.29. The van der Waals surface area contributed by atoms with Gasteiger partial charge in [0.05, 0.1) is 18.2 Å². The number of aliphatic hydroxyl groups excluding tert-OH is 1. The van der Waals surface area contributed by atoms with Crippen LogP contribution in [0, 0.1) is 0 Å². The van der Waals surface area contributed by atoms with Crippen molar-refractivity contribution < 1.29 is 24.2 Å². The van der Waals surface area contributed by atoms with E-state index in [-0.39, 0.29) is 11.3 Å². The van der Waals surface area contributed by atoms with E-state index < -0.39 is 17.7 Å². The Hall–Kier alpha value is -3.91. The van der Waals surface area contributed by atoms with E-state index in [1.807, 2.05) is 6.92 Å². The Kier molecular flexibility index (Phi) is 6.55. The van der Waals surface area contributed by atoms with Gasteiger partial charge in [-0.1, -0.05) is 36.9 Å². The zero-order valence-corrected chi connectivity index (χ0v) is 18.7. The zero-order chi connectivity index (χ0) is 23.4. The van der Waals surface area contributed by atoms with Crippen molar-refractivity contribution in [1.29, 1.82) is 0 Å². The van der Waals surface area contributed by atoms with Gasteiger partial charge < -0.3 is 14.6 Å². The Morgan fingerprint density at radius 2 is 1.97 bits per heavy atom. The van der Waals surface area contributed by atoms with E-state index in [1.165, 1.54) is 16.2 Å². The fourth-order valence-corrected chi connectivity index (χ4v) is 4.30. The normalized spacial score (nSPS) is 17.2. The summed E-state index contributed by atoms with van der Waals surface area (Å²) < 4.78 is 11.1. The summed E-state index contributed by atoms with van der Waals surface area (Å²) in [5.74, 6) is -0.623. The van der Waals surface area contributed by atoms with Crippen LogP contribution in [-0.4, -0.2) is 35.0 Å². The number of benzene rings is 2. The Morgan fingerprint density at radius 3 is 2.64 bits per heavy atom. The van der Waals surface area contributed by atoms with Crippen LogP contribution < -0.4 is 14.4 Å². The third-order valence-corrected chi connectivity index (χ3v) is 5.82. The van der Waals surface area contributed by atoms with E-state index in [9.17, 15) is 14.7 Å². The van der Waals surface area contributed by atoms with Crippen LogP contribution in [0.2, 0.25) is 0 Å². The van der Waals surface area contributed by atoms with Gasteiger partial charge in [0, 0.05) is 17.1 Å². The standard InChI is InChI=1S/C25H22N2O5S/c1-3-13-32-18-10-8-16(9-11-18)21-20(22(28)17-6-5-7-19(15-17)31-4-2)23(29)24(30)27(21)25-26-12-14-33-25/h3,5-12,14-15,21,28H,1,4,13H2,2H3/b22-20+. The maximum atomic E-state index is 13.1. The Morgan fingerprint density at radius 1 is 1.18 bits per heavy atom. The molecule has 2 heterocycles. The third-order valence-electron chi connectivity index (χ3n) is 5.05. The highest BCUT2D eigenvalue weighted by Crippen LogP contribution is 2.43. The predicted octanol–water partition coefficient (Wildman–Crippen LogP) is 4.73. The summed E-state index contributed by atoms with van der Waals surface area (Å²) in [6.45, 7) is 6.30. The van der Waals surface area contributed by atoms with E-state index in [4.69, 9.17) is 9.47 Å². The Labute approximate surface area is 195 Å². The molecule has 2 aromatic carbocycles. The summed E-state index contributed by atoms with van der Waals surface area (Å²) in [7, 11) is 0. The number of hydrogen-bond donors (Lipinski definition) is 1. The van der Waals surface area contributed by atoms with Gasteiger partial charge in [0.25, 0.3) is 5.78 Å². The molecule has 1 fully saturated rings. The van der Waals surface area contributed by atoms with Gasteiger partial charge in [-0.2, -0.15) is 0 Å². The number of amides is 1. The number of carbonyl (C=O) groups excluding carboxylic acids is 2. The predicted molar refractivity (Wildman–Crippen MR) is 127 cm³/mol. The first-order valence-corrected chi connectivity index (χ1v) is 11.2. The summed E-state index contributed by atoms with van der Waals surface area (Å²) in [6.07, 6.45) is 3.20. The number of nitrogens with zero attached hydrogens (tertiary/aromatic N) is 2. The summed E-state index contributed by atoms with van der Waals surface area (Å²) in [5, 5.41) is 13.3. The maximum absolute atomic E-state index is 13.1. The molecule has 3 aromatic rings. The van der Waals surface area contributed by atoms with Crippen LogP contribution in [0.5, 0.6) is 11.5 Å². The molecule has 1 aliphatic heterocycles. The number of hydrogen-bond acceptors (Lipinski definition) is 7. The van der Waals surface area contributed by atoms with E-state index >= 15 is 0 Å². The highest BCUT2D eigenvalue weighted by molar-refractivity contribution is 7.14. The molecule has 1 atom stereocenters. The summed E-state index contributed by atoms with van der Waals surface area (Å²) in [4.78, 5) is 31.7. The number of anilines is 1. The molecule has 0 bridgehead atoms. The summed E-state index contributed by atoms with van der Waals surface area (Å²) in [6, 6.07) is 13.0. The van der Waals surface area contributed by atoms with Gasteiger partial charge >= 0.3 is 5.91 Å². The molecule has 0 aliphatic carbocycles. The number of ether oxygens (including phenoxy) is 2. The zero-order valence-electron chi connectivity index (χ0n) is 17.9. The second kappa shape index (κ2) is 9.70. The van der Waals surface area contributed by atoms with Crippen molar-refractivity contribution >= 4 is 33.9 Å². The average Bonchev–Trinajstić information content (AvgIpc) is 3.45. The van der Waals surface area contributed by atoms with Gasteiger partial charge in [0.2, 0.25) is 0 Å². The lowest BCUT2D eigenvalue weighted by Gasteiger charge is -2.23. The summed E-state index contributed by atoms with van der Waals surface area (Å²) in [5.41, 5.74) is 1.01. The van der Waals surface area contributed by atoms with Crippen LogP contribution in [-0.2, 0) is 9.59 Å². The molecule has 1 unspecified atom stereocenters. The SMILES string of the molecule is C=CCOc1ccc(C2/C(=C(\O)c3cccc(OCC)c3)C(=O)C(=O)N2c2nccs2)cc1. The van der Waals surface area contributed by atoms with Gasteiger partial charge in [-0.15, -0.1) is 11.3 Å². The number of rotatable bonds is 8. The molecule has 168 valence electrons. The van der Waals surface area contributed by atoms with Crippen molar-refractivity contribution in [3.63, 3.8) is 0 Å². The molecule has 1 aromatic heterocycles. The van der Waals surface area contributed by atoms with Crippen molar-refractivity contribution in [3.8, 4) is 11.5 Å². The molecule has 1 saturated heterocycles. The first-order valence-electron chi connectivity index (χ1n) is 10.3. The summed E-state index contributed by atoms with van der Waals surface area (Å²) >= 11 is 1.24. The molecule has 1 N–H and O–H groups in total. The Bertz CT molecular complexity index is 1200. The monoisotopic (exact) mass is 462 g/mol. The average molecular weight is 463 g/mol. The largest absolute Gasteiger partial charge is 0.507 e. The van der Waals surface area contributed by atoms with Gasteiger partial charge in [-0.3, -0.25) is 14.5 Å². The second-order valence-corrected chi connectivity index (χ2v) is 7.99. The third kappa shape index (κ3) is 4.38. The number of carbonyl (C=O) groups is 2. The quantitative estimate of drug-likeness (QED) is 0.225. The highest BCUT2D eigenvalue weighted by atomic mass is 32.1. The molecular formula is C25H22N2O5S. The van der Waals surface area contributed by atoms with E-state index in [1.54, 1.807) is 66.2 Å². The van der Waals surface area contributed by atoms with Crippen molar-refractivity contribution in [2.24, 2.45) is 0 Å². The van der Waals surface area contributed by atoms with Gasteiger partial charge in [0.15, 0.2) is 5.13 Å². The molecule has 1 aliphatic rings. The van der Waals surface area contributed by atoms with Crippen LogP contribution in [0.25, 0.3) is 5.76 Å². The van der Waals surface area contributed by atoms with Crippen molar-refractivity contribution in [2.75, 3.05) is 18.1 Å². The molecular weight excluding hydrogens is 440 g/mol. The number of aliphatic hydroxyl groups is 1. The highest BCUT2D eigenvalue weighted by Gasteiger charge is 2.48. The van der Waals surface area contributed by atoms with Crippen LogP contribution in [0.3, 0.4) is 0 Å². The lowest BCUT2D eigenvalue weighted by atomic mass is 9.95. The van der Waals surface area contributed by atoms with Crippen LogP contribution >= 0.6 is 11.3 Å². The van der Waals surface area contributed by atoms with Crippen LogP contribution in [0.15, 0.2) is 78.3 Å².